The highest BCUT2D eigenvalue weighted by molar-refractivity contribution is 6.07. The molecule has 6 heteroatoms. The second kappa shape index (κ2) is 4.15. The molecule has 100 valence electrons. The van der Waals surface area contributed by atoms with Crippen LogP contribution < -0.4 is 20.1 Å². The van der Waals surface area contributed by atoms with E-state index in [0.29, 0.717) is 30.3 Å². The molecule has 0 radical (unpaired) electrons. The van der Waals surface area contributed by atoms with Crippen molar-refractivity contribution in [2.45, 2.75) is 18.9 Å². The smallest absolute Gasteiger partial charge is 0.322 e. The summed E-state index contributed by atoms with van der Waals surface area (Å²) in [6.07, 6.45) is 0.818. The average molecular weight is 262 g/mol. The molecule has 2 heterocycles. The summed E-state index contributed by atoms with van der Waals surface area (Å²) in [5, 5.41) is 4.86. The highest BCUT2D eigenvalue weighted by Crippen LogP contribution is 2.35. The largest absolute Gasteiger partial charge is 0.490 e. The van der Waals surface area contributed by atoms with Crippen molar-refractivity contribution in [3.8, 4) is 11.5 Å². The molecular weight excluding hydrogens is 248 g/mol. The molecular formula is C13H14N2O4. The number of rotatable bonds is 1. The van der Waals surface area contributed by atoms with Crippen LogP contribution in [0.2, 0.25) is 0 Å². The summed E-state index contributed by atoms with van der Waals surface area (Å²) in [7, 11) is 0. The fourth-order valence-electron chi connectivity index (χ4n) is 2.22. The molecule has 1 atom stereocenters. The fraction of sp³-hybridized carbons (Fsp3) is 0.385. The third kappa shape index (κ3) is 1.89. The first-order chi connectivity index (χ1) is 9.09. The van der Waals surface area contributed by atoms with Gasteiger partial charge in [-0.25, -0.2) is 4.79 Å². The molecule has 0 spiro atoms. The van der Waals surface area contributed by atoms with Crippen LogP contribution >= 0.6 is 0 Å². The van der Waals surface area contributed by atoms with Crippen molar-refractivity contribution >= 4 is 11.9 Å². The van der Waals surface area contributed by atoms with Crippen molar-refractivity contribution in [3.63, 3.8) is 0 Å². The van der Waals surface area contributed by atoms with E-state index in [4.69, 9.17) is 9.47 Å². The monoisotopic (exact) mass is 262 g/mol. The Balaban J connectivity index is 2.00. The quantitative estimate of drug-likeness (QED) is 0.737. The first-order valence-electron chi connectivity index (χ1n) is 6.13. The van der Waals surface area contributed by atoms with Crippen LogP contribution in [0.25, 0.3) is 0 Å². The Morgan fingerprint density at radius 1 is 1.16 bits per heavy atom. The van der Waals surface area contributed by atoms with E-state index in [0.717, 1.165) is 6.42 Å². The maximum absolute atomic E-state index is 11.9. The van der Waals surface area contributed by atoms with Gasteiger partial charge >= 0.3 is 6.03 Å². The second-order valence-corrected chi connectivity index (χ2v) is 4.75. The first kappa shape index (κ1) is 11.8. The molecule has 1 aromatic rings. The Hall–Kier alpha value is -2.24. The Morgan fingerprint density at radius 2 is 1.89 bits per heavy atom. The number of fused-ring (bicyclic) bond motifs is 1. The summed E-state index contributed by atoms with van der Waals surface area (Å²) in [5.41, 5.74) is -0.401. The lowest BCUT2D eigenvalue weighted by Crippen LogP contribution is -2.40. The lowest BCUT2D eigenvalue weighted by atomic mass is 9.92. The zero-order chi connectivity index (χ0) is 13.5. The van der Waals surface area contributed by atoms with Crippen LogP contribution in [0.15, 0.2) is 18.2 Å². The highest BCUT2D eigenvalue weighted by atomic mass is 16.5. The lowest BCUT2D eigenvalue weighted by molar-refractivity contribution is -0.123. The maximum atomic E-state index is 11.9. The second-order valence-electron chi connectivity index (χ2n) is 4.75. The van der Waals surface area contributed by atoms with E-state index in [1.165, 1.54) is 0 Å². The van der Waals surface area contributed by atoms with Gasteiger partial charge in [0.2, 0.25) is 0 Å². The highest BCUT2D eigenvalue weighted by Gasteiger charge is 2.43. The van der Waals surface area contributed by atoms with Crippen LogP contribution in [0.1, 0.15) is 18.9 Å². The number of carbonyl (C=O) groups excluding carboxylic acids is 2. The van der Waals surface area contributed by atoms with E-state index in [-0.39, 0.29) is 5.91 Å². The molecule has 0 aliphatic carbocycles. The van der Waals surface area contributed by atoms with Gasteiger partial charge in [-0.1, -0.05) is 6.07 Å². The molecule has 1 unspecified atom stereocenters. The first-order valence-corrected chi connectivity index (χ1v) is 6.13. The van der Waals surface area contributed by atoms with Crippen molar-refractivity contribution in [1.82, 2.24) is 10.6 Å². The molecule has 1 aromatic carbocycles. The van der Waals surface area contributed by atoms with Crippen molar-refractivity contribution in [2.24, 2.45) is 0 Å². The van der Waals surface area contributed by atoms with Crippen LogP contribution in [0.5, 0.6) is 11.5 Å². The van der Waals surface area contributed by atoms with Gasteiger partial charge in [0, 0.05) is 6.42 Å². The number of imide groups is 1. The fourth-order valence-corrected chi connectivity index (χ4v) is 2.22. The molecule has 3 amide bonds. The summed E-state index contributed by atoms with van der Waals surface area (Å²) in [5.74, 6) is 0.895. The number of ether oxygens (including phenoxy) is 2. The number of amides is 3. The van der Waals surface area contributed by atoms with Gasteiger partial charge in [-0.15, -0.1) is 0 Å². The third-order valence-corrected chi connectivity index (χ3v) is 3.37. The number of carbonyl (C=O) groups is 2. The Bertz CT molecular complexity index is 558. The lowest BCUT2D eigenvalue weighted by Gasteiger charge is -2.22. The Labute approximate surface area is 110 Å². The number of urea groups is 1. The zero-order valence-corrected chi connectivity index (χ0v) is 10.5. The molecule has 2 aliphatic heterocycles. The number of nitrogens with one attached hydrogen (secondary N) is 2. The van der Waals surface area contributed by atoms with Gasteiger partial charge in [-0.2, -0.15) is 0 Å². The van der Waals surface area contributed by atoms with Crippen molar-refractivity contribution in [3.05, 3.63) is 23.8 Å². The molecule has 0 aromatic heterocycles. The van der Waals surface area contributed by atoms with Crippen molar-refractivity contribution in [1.29, 1.82) is 0 Å². The van der Waals surface area contributed by atoms with Crippen LogP contribution in [0.3, 0.4) is 0 Å². The van der Waals surface area contributed by atoms with E-state index in [9.17, 15) is 9.59 Å². The molecule has 6 nitrogen and oxygen atoms in total. The van der Waals surface area contributed by atoms with Crippen molar-refractivity contribution < 1.29 is 19.1 Å². The Kier molecular flexibility index (Phi) is 2.58. The standard InChI is InChI=1S/C13H14N2O4/c1-13(11(16)14-12(17)15-13)8-3-4-9-10(7-8)19-6-2-5-18-9/h3-4,7H,2,5-6H2,1H3,(H2,14,15,16,17). The van der Waals surface area contributed by atoms with E-state index >= 15 is 0 Å². The topological polar surface area (TPSA) is 76.7 Å². The van der Waals surface area contributed by atoms with E-state index in [2.05, 4.69) is 10.6 Å². The van der Waals surface area contributed by atoms with Crippen molar-refractivity contribution in [2.75, 3.05) is 13.2 Å². The maximum Gasteiger partial charge on any atom is 0.322 e. The minimum absolute atomic E-state index is 0.369. The van der Waals surface area contributed by atoms with Crippen LogP contribution in [-0.4, -0.2) is 25.2 Å². The van der Waals surface area contributed by atoms with Crippen LogP contribution in [0.4, 0.5) is 4.79 Å². The minimum atomic E-state index is -1.07. The van der Waals surface area contributed by atoms with Gasteiger partial charge in [-0.3, -0.25) is 10.1 Å². The van der Waals surface area contributed by atoms with E-state index < -0.39 is 11.6 Å². The van der Waals surface area contributed by atoms with Crippen LogP contribution in [-0.2, 0) is 10.3 Å². The molecule has 0 saturated carbocycles. The van der Waals surface area contributed by atoms with E-state index in [1.807, 2.05) is 0 Å². The molecule has 2 N–H and O–H groups in total. The van der Waals surface area contributed by atoms with Gasteiger partial charge in [0.15, 0.2) is 11.5 Å². The SMILES string of the molecule is CC1(c2ccc3c(c2)OCCCO3)NC(=O)NC1=O. The third-order valence-electron chi connectivity index (χ3n) is 3.37. The summed E-state index contributed by atoms with van der Waals surface area (Å²) in [4.78, 5) is 23.2. The number of benzene rings is 1. The Morgan fingerprint density at radius 3 is 2.58 bits per heavy atom. The summed E-state index contributed by atoms with van der Waals surface area (Å²) >= 11 is 0. The minimum Gasteiger partial charge on any atom is -0.490 e. The number of hydrogen-bond donors (Lipinski definition) is 2. The van der Waals surface area contributed by atoms with Gasteiger partial charge < -0.3 is 14.8 Å². The molecule has 1 fully saturated rings. The van der Waals surface area contributed by atoms with Gasteiger partial charge in [-0.05, 0) is 24.6 Å². The van der Waals surface area contributed by atoms with Crippen LogP contribution in [0, 0.1) is 0 Å². The zero-order valence-electron chi connectivity index (χ0n) is 10.5. The molecule has 3 rings (SSSR count). The van der Waals surface area contributed by atoms with E-state index in [1.54, 1.807) is 25.1 Å². The normalized spacial score (nSPS) is 25.5. The van der Waals surface area contributed by atoms with Gasteiger partial charge in [0.1, 0.15) is 5.54 Å². The summed E-state index contributed by atoms with van der Waals surface area (Å²) in [6, 6.07) is 4.78. The average Bonchev–Trinajstić information content (AvgIpc) is 2.57. The van der Waals surface area contributed by atoms with Gasteiger partial charge in [0.25, 0.3) is 5.91 Å². The number of hydrogen-bond acceptors (Lipinski definition) is 4. The molecule has 2 aliphatic rings. The molecule has 19 heavy (non-hydrogen) atoms. The van der Waals surface area contributed by atoms with Gasteiger partial charge in [0.05, 0.1) is 13.2 Å². The molecule has 1 saturated heterocycles. The summed E-state index contributed by atoms with van der Waals surface area (Å²) < 4.78 is 11.1. The summed E-state index contributed by atoms with van der Waals surface area (Å²) in [6.45, 7) is 2.85. The predicted molar refractivity (Wildman–Crippen MR) is 66.1 cm³/mol. The molecule has 0 bridgehead atoms. The predicted octanol–water partition coefficient (Wildman–Crippen LogP) is 0.902.